The Morgan fingerprint density at radius 1 is 1.03 bits per heavy atom. The minimum atomic E-state index is -0.717. The van der Waals surface area contributed by atoms with Crippen LogP contribution in [0.5, 0.6) is 0 Å². The van der Waals surface area contributed by atoms with Gasteiger partial charge in [-0.3, -0.25) is 0 Å². The van der Waals surface area contributed by atoms with Crippen LogP contribution in [0.4, 0.5) is 4.79 Å². The average molecular weight is 514 g/mol. The number of nitrogens with zero attached hydrogens (tertiary/aromatic N) is 1. The predicted octanol–water partition coefficient (Wildman–Crippen LogP) is 6.35. The van der Waals surface area contributed by atoms with E-state index in [-0.39, 0.29) is 29.9 Å². The second kappa shape index (κ2) is 11.1. The quantitative estimate of drug-likeness (QED) is 0.263. The smallest absolute Gasteiger partial charge is 0.410 e. The van der Waals surface area contributed by atoms with Crippen molar-refractivity contribution in [3.05, 3.63) is 0 Å². The van der Waals surface area contributed by atoms with Crippen LogP contribution in [-0.2, 0) is 24.0 Å². The van der Waals surface area contributed by atoms with E-state index in [1.165, 1.54) is 6.42 Å². The molecular formula is C27H47NO6S. The van der Waals surface area contributed by atoms with Crippen LogP contribution in [0.15, 0.2) is 0 Å². The fraction of sp³-hybridized carbons (Fsp3) is 0.963. The van der Waals surface area contributed by atoms with E-state index in [0.717, 1.165) is 44.3 Å². The molecule has 1 aliphatic carbocycles. The number of hydrogen-bond acceptors (Lipinski definition) is 7. The number of rotatable bonds is 9. The van der Waals surface area contributed by atoms with E-state index in [1.54, 1.807) is 4.90 Å². The molecule has 0 aromatic carbocycles. The molecule has 5 aliphatic rings. The van der Waals surface area contributed by atoms with Crippen molar-refractivity contribution in [2.75, 3.05) is 12.4 Å². The molecule has 0 N–H and O–H groups in total. The Bertz CT molecular complexity index is 728. The van der Waals surface area contributed by atoms with Gasteiger partial charge in [-0.2, -0.15) is 0 Å². The first kappa shape index (κ1) is 27.5. The Balaban J connectivity index is 1.25. The van der Waals surface area contributed by atoms with Crippen LogP contribution >= 0.6 is 11.8 Å². The summed E-state index contributed by atoms with van der Waals surface area (Å²) in [5, 5.41) is 0. The van der Waals surface area contributed by atoms with E-state index < -0.39 is 11.4 Å². The summed E-state index contributed by atoms with van der Waals surface area (Å²) in [5.41, 5.74) is -0.381. The highest BCUT2D eigenvalue weighted by atomic mass is 32.2. The van der Waals surface area contributed by atoms with Crippen molar-refractivity contribution in [1.82, 2.24) is 4.90 Å². The highest BCUT2D eigenvalue weighted by Crippen LogP contribution is 2.61. The Labute approximate surface area is 216 Å². The van der Waals surface area contributed by atoms with Crippen LogP contribution in [0.2, 0.25) is 0 Å². The number of thioether (sulfide) groups is 1. The number of hydrogen-bond donors (Lipinski definition) is 0. The fourth-order valence-electron chi connectivity index (χ4n) is 6.89. The molecule has 1 amide bonds. The second-order valence-electron chi connectivity index (χ2n) is 11.9. The van der Waals surface area contributed by atoms with Crippen molar-refractivity contribution in [2.45, 2.75) is 129 Å². The van der Waals surface area contributed by atoms with Gasteiger partial charge in [-0.1, -0.05) is 13.8 Å². The summed E-state index contributed by atoms with van der Waals surface area (Å²) in [5.74, 6) is 2.06. The molecule has 0 radical (unpaired) electrons. The maximum Gasteiger partial charge on any atom is 0.410 e. The minimum absolute atomic E-state index is 0.0969. The zero-order valence-corrected chi connectivity index (χ0v) is 23.6. The molecule has 5 fully saturated rings. The van der Waals surface area contributed by atoms with Gasteiger partial charge in [0.2, 0.25) is 5.79 Å². The van der Waals surface area contributed by atoms with Crippen molar-refractivity contribution < 1.29 is 28.8 Å². The zero-order chi connectivity index (χ0) is 25.4. The first-order chi connectivity index (χ1) is 16.6. The van der Waals surface area contributed by atoms with Gasteiger partial charge < -0.3 is 19.1 Å². The van der Waals surface area contributed by atoms with E-state index in [4.69, 9.17) is 24.0 Å². The van der Waals surface area contributed by atoms with Crippen molar-refractivity contribution in [3.63, 3.8) is 0 Å². The van der Waals surface area contributed by atoms with Gasteiger partial charge in [-0.25, -0.2) is 14.6 Å². The number of ether oxygens (including phenoxy) is 3. The fourth-order valence-corrected chi connectivity index (χ4v) is 8.17. The molecule has 0 aromatic rings. The molecule has 4 heterocycles. The molecule has 35 heavy (non-hydrogen) atoms. The van der Waals surface area contributed by atoms with Crippen molar-refractivity contribution >= 4 is 17.9 Å². The Morgan fingerprint density at radius 2 is 1.77 bits per heavy atom. The van der Waals surface area contributed by atoms with Gasteiger partial charge in [0.25, 0.3) is 0 Å². The van der Waals surface area contributed by atoms with Crippen LogP contribution in [0.25, 0.3) is 0 Å². The van der Waals surface area contributed by atoms with E-state index in [9.17, 15) is 4.79 Å². The largest absolute Gasteiger partial charge is 0.449 e. The summed E-state index contributed by atoms with van der Waals surface area (Å²) < 4.78 is 18.6. The van der Waals surface area contributed by atoms with E-state index in [1.807, 2.05) is 46.4 Å². The van der Waals surface area contributed by atoms with E-state index >= 15 is 0 Å². The molecule has 5 rings (SSSR count). The lowest BCUT2D eigenvalue weighted by Gasteiger charge is -2.60. The number of fused-ring (bicyclic) bond motifs is 2. The summed E-state index contributed by atoms with van der Waals surface area (Å²) in [6.45, 7) is 15.2. The number of unbranched alkanes of at least 4 members (excludes halogenated alkanes) is 2. The molecule has 0 unspecified atom stereocenters. The lowest BCUT2D eigenvalue weighted by Crippen LogP contribution is -2.70. The van der Waals surface area contributed by atoms with Crippen molar-refractivity contribution in [1.29, 1.82) is 0 Å². The van der Waals surface area contributed by atoms with Gasteiger partial charge in [-0.05, 0) is 96.7 Å². The second-order valence-corrected chi connectivity index (χ2v) is 13.1. The Kier molecular flexibility index (Phi) is 8.69. The maximum absolute atomic E-state index is 12.3. The molecule has 0 aromatic heterocycles. The van der Waals surface area contributed by atoms with Crippen LogP contribution in [0, 0.1) is 23.7 Å². The summed E-state index contributed by atoms with van der Waals surface area (Å²) in [7, 11) is 0. The van der Waals surface area contributed by atoms with Crippen LogP contribution in [-0.4, -0.2) is 58.6 Å². The van der Waals surface area contributed by atoms with Gasteiger partial charge in [0.05, 0.1) is 6.61 Å². The Hall–Kier alpha value is -0.540. The lowest BCUT2D eigenvalue weighted by atomic mass is 9.58. The maximum atomic E-state index is 12.3. The summed E-state index contributed by atoms with van der Waals surface area (Å²) in [4.78, 5) is 26.3. The molecule has 7 nitrogen and oxygen atoms in total. The molecule has 202 valence electrons. The third kappa shape index (κ3) is 5.38. The molecule has 8 atom stereocenters. The zero-order valence-electron chi connectivity index (χ0n) is 22.8. The third-order valence-electron chi connectivity index (χ3n) is 8.72. The third-order valence-corrected chi connectivity index (χ3v) is 10.1. The minimum Gasteiger partial charge on any atom is -0.449 e. The highest BCUT2D eigenvalue weighted by Gasteiger charge is 2.69. The van der Waals surface area contributed by atoms with Crippen LogP contribution in [0.1, 0.15) is 93.4 Å². The normalized spacial score (nSPS) is 40.5. The molecule has 4 saturated heterocycles. The number of carbonyl (C=O) groups is 1. The van der Waals surface area contributed by atoms with Gasteiger partial charge >= 0.3 is 6.09 Å². The van der Waals surface area contributed by atoms with Gasteiger partial charge in [-0.15, -0.1) is 11.8 Å². The van der Waals surface area contributed by atoms with Crippen molar-refractivity contribution in [2.24, 2.45) is 23.7 Å². The predicted molar refractivity (Wildman–Crippen MR) is 137 cm³/mol. The van der Waals surface area contributed by atoms with Gasteiger partial charge in [0, 0.05) is 24.4 Å². The molecule has 4 aliphatic heterocycles. The van der Waals surface area contributed by atoms with Crippen molar-refractivity contribution in [3.8, 4) is 0 Å². The Morgan fingerprint density at radius 3 is 2.49 bits per heavy atom. The monoisotopic (exact) mass is 513 g/mol. The standard InChI is InChI=1S/C27H47NO6S/c1-17(2)28(18(3)4)25(29)30-15-9-8-10-16-35-23-20(6)22-12-11-19(5)21-13-14-26(7)32-24(31-23)27(21,22)34-33-26/h17-24H,8-16H2,1-7H3/t19-,20-,21+,22+,23+,24-,26-,27-/m1/s1. The van der Waals surface area contributed by atoms with E-state index in [0.29, 0.717) is 30.3 Å². The molecule has 8 heteroatoms. The van der Waals surface area contributed by atoms with E-state index in [2.05, 4.69) is 13.8 Å². The first-order valence-electron chi connectivity index (χ1n) is 13.9. The molecule has 2 bridgehead atoms. The molecule has 1 saturated carbocycles. The molecular weight excluding hydrogens is 466 g/mol. The average Bonchev–Trinajstić information content (AvgIpc) is 3.01. The van der Waals surface area contributed by atoms with Gasteiger partial charge in [0.15, 0.2) is 11.9 Å². The SMILES string of the molecule is CC(C)N(C(=O)OCCCCCS[C@@H]1O[C@@H]2O[C@@]3(C)CC[C@H]4[C@H](C)CC[C@@H]([C@H]1C)[C@@]24OO3)C(C)C. The highest BCUT2D eigenvalue weighted by molar-refractivity contribution is 7.99. The summed E-state index contributed by atoms with van der Waals surface area (Å²) >= 11 is 1.90. The lowest BCUT2D eigenvalue weighted by molar-refractivity contribution is -0.568. The van der Waals surface area contributed by atoms with Gasteiger partial charge in [0.1, 0.15) is 5.44 Å². The summed E-state index contributed by atoms with van der Waals surface area (Å²) in [6, 6.07) is 0.288. The van der Waals surface area contributed by atoms with Crippen LogP contribution in [0.3, 0.4) is 0 Å². The van der Waals surface area contributed by atoms with Crippen LogP contribution < -0.4 is 0 Å². The number of carbonyl (C=O) groups excluding carboxylic acids is 1. The summed E-state index contributed by atoms with van der Waals surface area (Å²) in [6.07, 6.45) is 6.70. The first-order valence-corrected chi connectivity index (χ1v) is 14.9. The number of amides is 1. The molecule has 1 spiro atoms. The topological polar surface area (TPSA) is 66.5 Å².